The first-order valence-electron chi connectivity index (χ1n) is 8.42. The zero-order chi connectivity index (χ0) is 17.1. The summed E-state index contributed by atoms with van der Waals surface area (Å²) in [5, 5.41) is 6.11. The van der Waals surface area contributed by atoms with E-state index >= 15 is 0 Å². The Morgan fingerprint density at radius 3 is 2.42 bits per heavy atom. The molecule has 0 saturated heterocycles. The van der Waals surface area contributed by atoms with Crippen molar-refractivity contribution >= 4 is 41.5 Å². The van der Waals surface area contributed by atoms with Gasteiger partial charge in [0.2, 0.25) is 5.91 Å². The Morgan fingerprint density at radius 1 is 1.21 bits per heavy atom. The molecule has 0 saturated carbocycles. The molecule has 136 valence electrons. The van der Waals surface area contributed by atoms with Gasteiger partial charge in [-0.2, -0.15) is 0 Å². The molecule has 0 spiro atoms. The number of benzene rings is 1. The first-order chi connectivity index (χ1) is 11.1. The summed E-state index contributed by atoms with van der Waals surface area (Å²) in [5.74, 6) is 0.920. The average Bonchev–Trinajstić information content (AvgIpc) is 2.53. The van der Waals surface area contributed by atoms with Gasteiger partial charge in [-0.1, -0.05) is 25.5 Å². The lowest BCUT2D eigenvalue weighted by Crippen LogP contribution is -2.39. The normalized spacial score (nSPS) is 10.8. The van der Waals surface area contributed by atoms with Crippen molar-refractivity contribution in [2.75, 3.05) is 32.0 Å². The molecule has 1 rings (SSSR count). The largest absolute Gasteiger partial charge is 0.357 e. The quantitative estimate of drug-likeness (QED) is 0.365. The second-order valence-corrected chi connectivity index (χ2v) is 5.64. The molecule has 0 unspecified atom stereocenters. The van der Waals surface area contributed by atoms with E-state index in [9.17, 15) is 4.79 Å². The van der Waals surface area contributed by atoms with Crippen LogP contribution in [-0.4, -0.2) is 43.4 Å². The fourth-order valence-electron chi connectivity index (χ4n) is 2.22. The van der Waals surface area contributed by atoms with Gasteiger partial charge in [-0.3, -0.25) is 9.79 Å². The maximum atomic E-state index is 11.0. The molecule has 0 aliphatic rings. The van der Waals surface area contributed by atoms with Gasteiger partial charge in [-0.05, 0) is 37.5 Å². The van der Waals surface area contributed by atoms with Crippen LogP contribution in [-0.2, 0) is 11.2 Å². The van der Waals surface area contributed by atoms with Gasteiger partial charge in [0.25, 0.3) is 0 Å². The average molecular weight is 446 g/mol. The van der Waals surface area contributed by atoms with Crippen molar-refractivity contribution in [1.29, 1.82) is 0 Å². The van der Waals surface area contributed by atoms with Crippen LogP contribution in [0.25, 0.3) is 0 Å². The molecule has 1 amide bonds. The smallest absolute Gasteiger partial charge is 0.221 e. The number of halogens is 1. The zero-order valence-corrected chi connectivity index (χ0v) is 17.6. The number of amides is 1. The highest BCUT2D eigenvalue weighted by molar-refractivity contribution is 14.0. The molecule has 6 heteroatoms. The molecule has 0 heterocycles. The molecule has 5 nitrogen and oxygen atoms in total. The Labute approximate surface area is 163 Å². The van der Waals surface area contributed by atoms with E-state index in [4.69, 9.17) is 4.99 Å². The highest BCUT2D eigenvalue weighted by Gasteiger charge is 2.04. The maximum Gasteiger partial charge on any atom is 0.221 e. The third-order valence-corrected chi connectivity index (χ3v) is 3.48. The van der Waals surface area contributed by atoms with E-state index in [1.165, 1.54) is 25.3 Å². The monoisotopic (exact) mass is 446 g/mol. The topological polar surface area (TPSA) is 56.7 Å². The van der Waals surface area contributed by atoms with Crippen molar-refractivity contribution in [3.8, 4) is 0 Å². The van der Waals surface area contributed by atoms with Crippen molar-refractivity contribution < 1.29 is 4.79 Å². The maximum absolute atomic E-state index is 11.0. The number of rotatable bonds is 8. The highest BCUT2D eigenvalue weighted by atomic mass is 127. The van der Waals surface area contributed by atoms with Crippen LogP contribution in [0.4, 0.5) is 5.69 Å². The predicted octanol–water partition coefficient (Wildman–Crippen LogP) is 3.50. The molecule has 0 bridgehead atoms. The Hall–Kier alpha value is -1.31. The molecule has 1 aromatic carbocycles. The summed E-state index contributed by atoms with van der Waals surface area (Å²) in [4.78, 5) is 17.9. The minimum atomic E-state index is -0.0484. The molecule has 0 aliphatic heterocycles. The SMILES string of the molecule is CCCCN(C)C(=NCCc1ccc(NC(C)=O)cc1)NCC.I. The Kier molecular flexibility index (Phi) is 12.3. The van der Waals surface area contributed by atoms with Gasteiger partial charge in [0.05, 0.1) is 0 Å². The Balaban J connectivity index is 0.00000529. The first kappa shape index (κ1) is 22.7. The molecule has 1 aromatic rings. The van der Waals surface area contributed by atoms with Gasteiger partial charge < -0.3 is 15.5 Å². The van der Waals surface area contributed by atoms with Gasteiger partial charge in [0, 0.05) is 39.3 Å². The van der Waals surface area contributed by atoms with E-state index in [0.717, 1.165) is 37.7 Å². The minimum absolute atomic E-state index is 0. The fraction of sp³-hybridized carbons (Fsp3) is 0.556. The molecule has 0 fully saturated rings. The summed E-state index contributed by atoms with van der Waals surface area (Å²) in [5.41, 5.74) is 2.05. The summed E-state index contributed by atoms with van der Waals surface area (Å²) >= 11 is 0. The van der Waals surface area contributed by atoms with Gasteiger partial charge >= 0.3 is 0 Å². The molecule has 24 heavy (non-hydrogen) atoms. The van der Waals surface area contributed by atoms with Gasteiger partial charge in [0.15, 0.2) is 5.96 Å². The van der Waals surface area contributed by atoms with E-state index in [1.807, 2.05) is 24.3 Å². The van der Waals surface area contributed by atoms with Crippen molar-refractivity contribution in [3.63, 3.8) is 0 Å². The van der Waals surface area contributed by atoms with Crippen LogP contribution in [0.1, 0.15) is 39.2 Å². The van der Waals surface area contributed by atoms with Gasteiger partial charge in [0.1, 0.15) is 0 Å². The van der Waals surface area contributed by atoms with Crippen LogP contribution in [0.3, 0.4) is 0 Å². The van der Waals surface area contributed by atoms with Crippen LogP contribution in [0.2, 0.25) is 0 Å². The molecule has 0 aromatic heterocycles. The number of unbranched alkanes of at least 4 members (excludes halogenated alkanes) is 1. The number of carbonyl (C=O) groups is 1. The van der Waals surface area contributed by atoms with E-state index < -0.39 is 0 Å². The number of hydrogen-bond acceptors (Lipinski definition) is 2. The summed E-state index contributed by atoms with van der Waals surface area (Å²) in [6, 6.07) is 7.93. The number of carbonyl (C=O) groups excluding carboxylic acids is 1. The highest BCUT2D eigenvalue weighted by Crippen LogP contribution is 2.10. The van der Waals surface area contributed by atoms with Crippen molar-refractivity contribution in [3.05, 3.63) is 29.8 Å². The summed E-state index contributed by atoms with van der Waals surface area (Å²) < 4.78 is 0. The van der Waals surface area contributed by atoms with Crippen LogP contribution in [0.5, 0.6) is 0 Å². The number of anilines is 1. The number of nitrogens with one attached hydrogen (secondary N) is 2. The van der Waals surface area contributed by atoms with Crippen LogP contribution < -0.4 is 10.6 Å². The lowest BCUT2D eigenvalue weighted by molar-refractivity contribution is -0.114. The van der Waals surface area contributed by atoms with Crippen LogP contribution >= 0.6 is 24.0 Å². The van der Waals surface area contributed by atoms with Crippen molar-refractivity contribution in [2.45, 2.75) is 40.0 Å². The number of aliphatic imine (C=N–C) groups is 1. The number of guanidine groups is 1. The molecule has 0 radical (unpaired) electrons. The lowest BCUT2D eigenvalue weighted by Gasteiger charge is -2.21. The van der Waals surface area contributed by atoms with Crippen molar-refractivity contribution in [1.82, 2.24) is 10.2 Å². The molecule has 2 N–H and O–H groups in total. The summed E-state index contributed by atoms with van der Waals surface area (Å²) in [7, 11) is 2.08. The minimum Gasteiger partial charge on any atom is -0.357 e. The van der Waals surface area contributed by atoms with E-state index in [1.54, 1.807) is 0 Å². The second-order valence-electron chi connectivity index (χ2n) is 5.64. The molecule has 0 atom stereocenters. The lowest BCUT2D eigenvalue weighted by atomic mass is 10.1. The predicted molar refractivity (Wildman–Crippen MR) is 113 cm³/mol. The van der Waals surface area contributed by atoms with E-state index in [-0.39, 0.29) is 29.9 Å². The fourth-order valence-corrected chi connectivity index (χ4v) is 2.22. The Morgan fingerprint density at radius 2 is 1.88 bits per heavy atom. The molecule has 0 aliphatic carbocycles. The van der Waals surface area contributed by atoms with E-state index in [0.29, 0.717) is 0 Å². The molecular formula is C18H31IN4O. The van der Waals surface area contributed by atoms with Crippen LogP contribution in [0, 0.1) is 0 Å². The standard InChI is InChI=1S/C18H30N4O.HI/c1-5-7-14-22(4)18(19-6-2)20-13-12-16-8-10-17(11-9-16)21-15(3)23;/h8-11H,5-7,12-14H2,1-4H3,(H,19,20)(H,21,23);1H. The van der Waals surface area contributed by atoms with E-state index in [2.05, 4.69) is 36.4 Å². The summed E-state index contributed by atoms with van der Waals surface area (Å²) in [6.45, 7) is 8.44. The molecular weight excluding hydrogens is 415 g/mol. The third-order valence-electron chi connectivity index (χ3n) is 3.48. The van der Waals surface area contributed by atoms with Crippen molar-refractivity contribution in [2.24, 2.45) is 4.99 Å². The number of hydrogen-bond donors (Lipinski definition) is 2. The zero-order valence-electron chi connectivity index (χ0n) is 15.3. The number of nitrogens with zero attached hydrogens (tertiary/aromatic N) is 2. The summed E-state index contributed by atoms with van der Waals surface area (Å²) in [6.07, 6.45) is 3.24. The van der Waals surface area contributed by atoms with Crippen LogP contribution in [0.15, 0.2) is 29.3 Å². The Bertz CT molecular complexity index is 502. The third kappa shape index (κ3) is 9.10. The van der Waals surface area contributed by atoms with Gasteiger partial charge in [-0.25, -0.2) is 0 Å². The first-order valence-corrected chi connectivity index (χ1v) is 8.42. The second kappa shape index (κ2) is 13.0. The van der Waals surface area contributed by atoms with Gasteiger partial charge in [-0.15, -0.1) is 24.0 Å².